The van der Waals surface area contributed by atoms with Crippen molar-refractivity contribution in [2.45, 2.75) is 50.7 Å². The van der Waals surface area contributed by atoms with Crippen LogP contribution < -0.4 is 9.80 Å². The standard InChI is InChI=1S/C31H39N5O4S/c1-31(2,3)40-30(38)35(5)16-15-26(23-12-8-7-9-13-23)39-21-22-11-10-14-24(19-22)36-18-17-34(4)27-25(28(36)37)20-32-29(33-27)41-6/h7-14,19-20,26H,15-18,21H2,1-6H3/t26-/m1/s1. The summed E-state index contributed by atoms with van der Waals surface area (Å²) < 4.78 is 11.9. The fraction of sp³-hybridized carbons (Fsp3) is 0.419. The first-order chi connectivity index (χ1) is 19.6. The third-order valence-electron chi connectivity index (χ3n) is 6.70. The minimum Gasteiger partial charge on any atom is -0.444 e. The predicted molar refractivity (Wildman–Crippen MR) is 163 cm³/mol. The van der Waals surface area contributed by atoms with Crippen LogP contribution in [0.5, 0.6) is 0 Å². The van der Waals surface area contributed by atoms with Crippen LogP contribution in [0.15, 0.2) is 66.0 Å². The zero-order valence-electron chi connectivity index (χ0n) is 24.7. The number of rotatable bonds is 9. The molecule has 9 nitrogen and oxygen atoms in total. The number of nitrogens with zero attached hydrogens (tertiary/aromatic N) is 5. The van der Waals surface area contributed by atoms with Gasteiger partial charge in [0, 0.05) is 45.6 Å². The summed E-state index contributed by atoms with van der Waals surface area (Å²) in [5.41, 5.74) is 2.72. The van der Waals surface area contributed by atoms with E-state index in [0.29, 0.717) is 49.2 Å². The van der Waals surface area contributed by atoms with Crippen molar-refractivity contribution in [3.63, 3.8) is 0 Å². The Morgan fingerprint density at radius 2 is 1.88 bits per heavy atom. The van der Waals surface area contributed by atoms with Gasteiger partial charge >= 0.3 is 6.09 Å². The van der Waals surface area contributed by atoms with Crippen molar-refractivity contribution >= 4 is 35.3 Å². The third kappa shape index (κ3) is 7.98. The number of hydrogen-bond donors (Lipinski definition) is 0. The van der Waals surface area contributed by atoms with Crippen LogP contribution in [0.1, 0.15) is 54.8 Å². The van der Waals surface area contributed by atoms with E-state index in [1.54, 1.807) is 23.0 Å². The molecular weight excluding hydrogens is 538 g/mol. The Kier molecular flexibility index (Phi) is 9.88. The molecule has 0 fully saturated rings. The summed E-state index contributed by atoms with van der Waals surface area (Å²) in [6.07, 6.45) is 3.55. The molecule has 2 amide bonds. The van der Waals surface area contributed by atoms with Gasteiger partial charge in [-0.3, -0.25) is 4.79 Å². The number of amides is 2. The molecule has 0 aliphatic carbocycles. The van der Waals surface area contributed by atoms with Crippen LogP contribution in [-0.4, -0.2) is 72.5 Å². The highest BCUT2D eigenvalue weighted by molar-refractivity contribution is 7.98. The lowest BCUT2D eigenvalue weighted by molar-refractivity contribution is 0.0137. The second-order valence-corrected chi connectivity index (χ2v) is 11.8. The maximum atomic E-state index is 13.6. The van der Waals surface area contributed by atoms with Gasteiger partial charge in [-0.2, -0.15) is 0 Å². The quantitative estimate of drug-likeness (QED) is 0.233. The topological polar surface area (TPSA) is 88.1 Å². The van der Waals surface area contributed by atoms with E-state index in [1.807, 2.05) is 93.6 Å². The molecule has 41 heavy (non-hydrogen) atoms. The smallest absolute Gasteiger partial charge is 0.410 e. The molecule has 0 N–H and O–H groups in total. The molecule has 10 heteroatoms. The molecule has 0 unspecified atom stereocenters. The maximum Gasteiger partial charge on any atom is 0.410 e. The first-order valence-electron chi connectivity index (χ1n) is 13.7. The first-order valence-corrected chi connectivity index (χ1v) is 14.9. The van der Waals surface area contributed by atoms with Crippen molar-refractivity contribution in [3.05, 3.63) is 77.5 Å². The molecular formula is C31H39N5O4S. The molecule has 1 atom stereocenters. The fourth-order valence-electron chi connectivity index (χ4n) is 4.51. The number of benzene rings is 2. The average Bonchev–Trinajstić information content (AvgIpc) is 3.08. The first kappa shape index (κ1) is 30.3. The molecule has 1 aromatic heterocycles. The van der Waals surface area contributed by atoms with Crippen molar-refractivity contribution in [2.24, 2.45) is 0 Å². The van der Waals surface area contributed by atoms with Gasteiger partial charge in [0.1, 0.15) is 17.0 Å². The van der Waals surface area contributed by atoms with Gasteiger partial charge in [0.05, 0.1) is 12.7 Å². The van der Waals surface area contributed by atoms with Gasteiger partial charge in [-0.25, -0.2) is 14.8 Å². The molecule has 0 saturated heterocycles. The molecule has 0 bridgehead atoms. The number of fused-ring (bicyclic) bond motifs is 1. The lowest BCUT2D eigenvalue weighted by Gasteiger charge is -2.26. The van der Waals surface area contributed by atoms with Crippen molar-refractivity contribution in [2.75, 3.05) is 49.8 Å². The molecule has 1 aliphatic heterocycles. The largest absolute Gasteiger partial charge is 0.444 e. The monoisotopic (exact) mass is 577 g/mol. The Morgan fingerprint density at radius 1 is 1.12 bits per heavy atom. The van der Waals surface area contributed by atoms with Crippen LogP contribution in [0, 0.1) is 0 Å². The molecule has 2 aromatic carbocycles. The minimum atomic E-state index is -0.553. The van der Waals surface area contributed by atoms with Crippen LogP contribution in [0.2, 0.25) is 0 Å². The number of ether oxygens (including phenoxy) is 2. The van der Waals surface area contributed by atoms with Crippen LogP contribution in [0.3, 0.4) is 0 Å². The molecule has 2 heterocycles. The average molecular weight is 578 g/mol. The number of likely N-dealkylation sites (N-methyl/N-ethyl adjacent to an activating group) is 1. The second kappa shape index (κ2) is 13.4. The summed E-state index contributed by atoms with van der Waals surface area (Å²) in [5, 5.41) is 0.640. The van der Waals surface area contributed by atoms with Crippen molar-refractivity contribution in [1.82, 2.24) is 14.9 Å². The number of thioether (sulfide) groups is 1. The zero-order valence-corrected chi connectivity index (χ0v) is 25.5. The summed E-state index contributed by atoms with van der Waals surface area (Å²) in [5.74, 6) is 0.529. The Balaban J connectivity index is 1.47. The van der Waals surface area contributed by atoms with Gasteiger partial charge in [0.15, 0.2) is 5.16 Å². The van der Waals surface area contributed by atoms with E-state index in [4.69, 9.17) is 9.47 Å². The summed E-state index contributed by atoms with van der Waals surface area (Å²) in [6, 6.07) is 17.9. The van der Waals surface area contributed by atoms with Crippen LogP contribution in [0.25, 0.3) is 0 Å². The van der Waals surface area contributed by atoms with Gasteiger partial charge in [-0.1, -0.05) is 54.2 Å². The van der Waals surface area contributed by atoms with E-state index >= 15 is 0 Å². The number of anilines is 2. The van der Waals surface area contributed by atoms with E-state index in [9.17, 15) is 9.59 Å². The van der Waals surface area contributed by atoms with E-state index in [-0.39, 0.29) is 18.1 Å². The fourth-order valence-corrected chi connectivity index (χ4v) is 4.85. The Hall–Kier alpha value is -3.63. The highest BCUT2D eigenvalue weighted by Crippen LogP contribution is 2.29. The number of carbonyl (C=O) groups excluding carboxylic acids is 2. The number of carbonyl (C=O) groups is 2. The predicted octanol–water partition coefficient (Wildman–Crippen LogP) is 5.81. The third-order valence-corrected chi connectivity index (χ3v) is 7.26. The molecule has 0 spiro atoms. The van der Waals surface area contributed by atoms with Gasteiger partial charge in [-0.05, 0) is 56.7 Å². The van der Waals surface area contributed by atoms with E-state index in [0.717, 1.165) is 16.8 Å². The normalized spacial score (nSPS) is 14.3. The lowest BCUT2D eigenvalue weighted by atomic mass is 10.1. The lowest BCUT2D eigenvalue weighted by Crippen LogP contribution is -2.35. The van der Waals surface area contributed by atoms with Crippen molar-refractivity contribution in [1.29, 1.82) is 0 Å². The summed E-state index contributed by atoms with van der Waals surface area (Å²) >= 11 is 1.45. The van der Waals surface area contributed by atoms with E-state index in [1.165, 1.54) is 11.8 Å². The van der Waals surface area contributed by atoms with E-state index < -0.39 is 5.60 Å². The van der Waals surface area contributed by atoms with Crippen molar-refractivity contribution < 1.29 is 19.1 Å². The summed E-state index contributed by atoms with van der Waals surface area (Å²) in [7, 11) is 3.68. The van der Waals surface area contributed by atoms with Crippen LogP contribution >= 0.6 is 11.8 Å². The summed E-state index contributed by atoms with van der Waals surface area (Å²) in [6.45, 7) is 7.56. The Morgan fingerprint density at radius 3 is 2.59 bits per heavy atom. The zero-order chi connectivity index (χ0) is 29.6. The number of aromatic nitrogens is 2. The molecule has 0 radical (unpaired) electrons. The van der Waals surface area contributed by atoms with Gasteiger partial charge in [-0.15, -0.1) is 0 Å². The Bertz CT molecular complexity index is 1350. The van der Waals surface area contributed by atoms with E-state index in [2.05, 4.69) is 9.97 Å². The molecule has 3 aromatic rings. The van der Waals surface area contributed by atoms with Crippen molar-refractivity contribution in [3.8, 4) is 0 Å². The highest BCUT2D eigenvalue weighted by Gasteiger charge is 2.28. The minimum absolute atomic E-state index is 0.123. The van der Waals surface area contributed by atoms with Gasteiger partial charge in [0.25, 0.3) is 5.91 Å². The highest BCUT2D eigenvalue weighted by atomic mass is 32.2. The van der Waals surface area contributed by atoms with Gasteiger partial charge in [0.2, 0.25) is 0 Å². The summed E-state index contributed by atoms with van der Waals surface area (Å²) in [4.78, 5) is 40.3. The van der Waals surface area contributed by atoms with Crippen LogP contribution in [0.4, 0.5) is 16.3 Å². The maximum absolute atomic E-state index is 13.6. The van der Waals surface area contributed by atoms with Gasteiger partial charge < -0.3 is 24.2 Å². The molecule has 0 saturated carbocycles. The number of hydrogen-bond acceptors (Lipinski definition) is 8. The molecule has 1 aliphatic rings. The SMILES string of the molecule is CSc1ncc2c(n1)N(C)CCN(c1cccc(CO[C@H](CCN(C)C(=O)OC(C)(C)C)c3ccccc3)c1)C2=O. The molecule has 4 rings (SSSR count). The Labute approximate surface area is 246 Å². The van der Waals surface area contributed by atoms with Crippen LogP contribution in [-0.2, 0) is 16.1 Å². The second-order valence-electron chi connectivity index (χ2n) is 11.0. The molecule has 218 valence electrons.